The molecule has 0 fully saturated rings. The minimum atomic E-state index is -2.27. The van der Waals surface area contributed by atoms with Gasteiger partial charge in [0.15, 0.2) is 12.2 Å². The molecule has 0 radical (unpaired) electrons. The van der Waals surface area contributed by atoms with Crippen molar-refractivity contribution in [1.29, 1.82) is 0 Å². The molecular weight excluding hydrogens is 184 g/mol. The van der Waals surface area contributed by atoms with E-state index >= 15 is 0 Å². The first-order valence-corrected chi connectivity index (χ1v) is 3.31. The highest BCUT2D eigenvalue weighted by atomic mass is 16.4. The second-order valence-corrected chi connectivity index (χ2v) is 1.88. The van der Waals surface area contributed by atoms with E-state index in [4.69, 9.17) is 25.5 Å². The summed E-state index contributed by atoms with van der Waals surface area (Å²) < 4.78 is 0. The van der Waals surface area contributed by atoms with Crippen molar-refractivity contribution in [2.45, 2.75) is 19.1 Å². The number of aliphatic hydroxyl groups is 3. The van der Waals surface area contributed by atoms with Crippen LogP contribution < -0.4 is 0 Å². The molecule has 78 valence electrons. The van der Waals surface area contributed by atoms with Gasteiger partial charge in [-0.2, -0.15) is 0 Å². The molecule has 0 heterocycles. The van der Waals surface area contributed by atoms with Gasteiger partial charge in [-0.25, -0.2) is 9.59 Å². The van der Waals surface area contributed by atoms with Crippen molar-refractivity contribution in [2.75, 3.05) is 6.61 Å². The highest BCUT2D eigenvalue weighted by Crippen LogP contribution is 1.92. The lowest BCUT2D eigenvalue weighted by Crippen LogP contribution is -2.39. The number of carboxylic acid groups (broad SMARTS) is 2. The van der Waals surface area contributed by atoms with E-state index in [1.165, 1.54) is 0 Å². The molecule has 0 rings (SSSR count). The van der Waals surface area contributed by atoms with Crippen LogP contribution in [0.2, 0.25) is 0 Å². The van der Waals surface area contributed by atoms with Crippen LogP contribution in [0, 0.1) is 0 Å². The molecule has 0 aromatic rings. The maximum Gasteiger partial charge on any atom is 0.335 e. The summed E-state index contributed by atoms with van der Waals surface area (Å²) in [6, 6.07) is 0. The number of rotatable bonds is 3. The Morgan fingerprint density at radius 1 is 1.08 bits per heavy atom. The fourth-order valence-corrected chi connectivity index (χ4v) is 0.270. The predicted molar refractivity (Wildman–Crippen MR) is 40.0 cm³/mol. The van der Waals surface area contributed by atoms with Gasteiger partial charge in [0.05, 0.1) is 0 Å². The van der Waals surface area contributed by atoms with Gasteiger partial charge < -0.3 is 25.5 Å². The first-order chi connectivity index (χ1) is 5.88. The van der Waals surface area contributed by atoms with Crippen LogP contribution in [0.25, 0.3) is 0 Å². The number of aliphatic carboxylic acids is 2. The van der Waals surface area contributed by atoms with Gasteiger partial charge in [-0.15, -0.1) is 0 Å². The van der Waals surface area contributed by atoms with E-state index in [1.54, 1.807) is 6.92 Å². The molecule has 7 heteroatoms. The molecule has 13 heavy (non-hydrogen) atoms. The Hall–Kier alpha value is -1.18. The van der Waals surface area contributed by atoms with Crippen LogP contribution >= 0.6 is 0 Å². The average Bonchev–Trinajstić information content (AvgIpc) is 2.03. The van der Waals surface area contributed by atoms with E-state index in [-0.39, 0.29) is 6.61 Å². The van der Waals surface area contributed by atoms with E-state index < -0.39 is 24.1 Å². The second-order valence-electron chi connectivity index (χ2n) is 1.88. The maximum absolute atomic E-state index is 9.77. The van der Waals surface area contributed by atoms with Gasteiger partial charge in [-0.1, -0.05) is 0 Å². The fraction of sp³-hybridized carbons (Fsp3) is 0.667. The number of aliphatic hydroxyl groups excluding tert-OH is 3. The minimum absolute atomic E-state index is 0.250. The van der Waals surface area contributed by atoms with Crippen LogP contribution in [0.4, 0.5) is 0 Å². The third-order valence-electron chi connectivity index (χ3n) is 0.805. The van der Waals surface area contributed by atoms with Crippen molar-refractivity contribution in [3.05, 3.63) is 0 Å². The molecule has 2 unspecified atom stereocenters. The SMILES string of the molecule is CCO.O=C(O)C(O)C(O)C(=O)O. The largest absolute Gasteiger partial charge is 0.479 e. The first-order valence-electron chi connectivity index (χ1n) is 3.31. The van der Waals surface area contributed by atoms with Crippen LogP contribution in [0.1, 0.15) is 6.92 Å². The monoisotopic (exact) mass is 196 g/mol. The molecule has 0 aromatic heterocycles. The van der Waals surface area contributed by atoms with E-state index in [9.17, 15) is 9.59 Å². The molecule has 0 spiro atoms. The number of carboxylic acids is 2. The fourth-order valence-electron chi connectivity index (χ4n) is 0.270. The third kappa shape index (κ3) is 7.19. The topological polar surface area (TPSA) is 135 Å². The number of hydrogen-bond donors (Lipinski definition) is 5. The Labute approximate surface area is 73.9 Å². The smallest absolute Gasteiger partial charge is 0.335 e. The summed E-state index contributed by atoms with van der Waals surface area (Å²) in [5.74, 6) is -3.54. The number of hydrogen-bond acceptors (Lipinski definition) is 5. The standard InChI is InChI=1S/C4H6O6.C2H6O/c5-1(3(7)8)2(6)4(9)10;1-2-3/h1-2,5-6H,(H,7,8)(H,9,10);3H,2H2,1H3. The van der Waals surface area contributed by atoms with Crippen LogP contribution in [0.3, 0.4) is 0 Å². The van der Waals surface area contributed by atoms with Crippen molar-refractivity contribution in [2.24, 2.45) is 0 Å². The molecule has 0 aliphatic carbocycles. The molecule has 5 N–H and O–H groups in total. The van der Waals surface area contributed by atoms with E-state index in [0.29, 0.717) is 0 Å². The maximum atomic E-state index is 9.77. The van der Waals surface area contributed by atoms with Crippen LogP contribution in [0.15, 0.2) is 0 Å². The van der Waals surface area contributed by atoms with Gasteiger partial charge in [-0.05, 0) is 6.92 Å². The Balaban J connectivity index is 0. The molecule has 0 saturated heterocycles. The van der Waals surface area contributed by atoms with Gasteiger partial charge in [0.25, 0.3) is 0 Å². The van der Waals surface area contributed by atoms with Crippen molar-refractivity contribution < 1.29 is 35.1 Å². The quantitative estimate of drug-likeness (QED) is 0.348. The zero-order valence-corrected chi connectivity index (χ0v) is 6.91. The molecule has 0 aromatic carbocycles. The molecule has 0 aliphatic heterocycles. The first kappa shape index (κ1) is 14.3. The molecular formula is C6H12O7. The van der Waals surface area contributed by atoms with Gasteiger partial charge >= 0.3 is 11.9 Å². The molecule has 0 saturated carbocycles. The summed E-state index contributed by atoms with van der Waals surface area (Å²) in [6.45, 7) is 1.93. The van der Waals surface area contributed by atoms with Gasteiger partial charge in [0.2, 0.25) is 0 Å². The van der Waals surface area contributed by atoms with E-state index in [2.05, 4.69) is 0 Å². The second kappa shape index (κ2) is 7.47. The van der Waals surface area contributed by atoms with E-state index in [0.717, 1.165) is 0 Å². The lowest BCUT2D eigenvalue weighted by Gasteiger charge is -2.07. The molecule has 7 nitrogen and oxygen atoms in total. The zero-order chi connectivity index (χ0) is 11.0. The predicted octanol–water partition coefficient (Wildman–Crippen LogP) is -2.12. The van der Waals surface area contributed by atoms with Gasteiger partial charge in [-0.3, -0.25) is 0 Å². The normalized spacial score (nSPS) is 13.5. The summed E-state index contributed by atoms with van der Waals surface area (Å²) in [5, 5.41) is 40.1. The molecule has 2 atom stereocenters. The summed E-state index contributed by atoms with van der Waals surface area (Å²) >= 11 is 0. The van der Waals surface area contributed by atoms with Crippen molar-refractivity contribution >= 4 is 11.9 Å². The minimum Gasteiger partial charge on any atom is -0.479 e. The average molecular weight is 196 g/mol. The van der Waals surface area contributed by atoms with Crippen molar-refractivity contribution in [3.8, 4) is 0 Å². The summed E-state index contributed by atoms with van der Waals surface area (Å²) in [6.07, 6.45) is -4.53. The lowest BCUT2D eigenvalue weighted by atomic mass is 10.2. The number of carbonyl (C=O) groups is 2. The molecule has 0 aliphatic rings. The van der Waals surface area contributed by atoms with Crippen LogP contribution in [-0.2, 0) is 9.59 Å². The molecule has 0 bridgehead atoms. The Morgan fingerprint density at radius 2 is 1.23 bits per heavy atom. The summed E-state index contributed by atoms with van der Waals surface area (Å²) in [5.41, 5.74) is 0. The van der Waals surface area contributed by atoms with E-state index in [1.807, 2.05) is 0 Å². The Kier molecular flexibility index (Phi) is 8.24. The van der Waals surface area contributed by atoms with Gasteiger partial charge in [0.1, 0.15) is 0 Å². The highest BCUT2D eigenvalue weighted by Gasteiger charge is 2.29. The summed E-state index contributed by atoms with van der Waals surface area (Å²) in [4.78, 5) is 19.5. The third-order valence-corrected chi connectivity index (χ3v) is 0.805. The highest BCUT2D eigenvalue weighted by molar-refractivity contribution is 5.82. The van der Waals surface area contributed by atoms with Crippen molar-refractivity contribution in [3.63, 3.8) is 0 Å². The lowest BCUT2D eigenvalue weighted by molar-refractivity contribution is -0.165. The van der Waals surface area contributed by atoms with Crippen LogP contribution in [-0.4, -0.2) is 56.3 Å². The Morgan fingerprint density at radius 3 is 1.31 bits per heavy atom. The Bertz CT molecular complexity index is 148. The van der Waals surface area contributed by atoms with Crippen molar-refractivity contribution in [1.82, 2.24) is 0 Å². The zero-order valence-electron chi connectivity index (χ0n) is 6.91. The van der Waals surface area contributed by atoms with Gasteiger partial charge in [0, 0.05) is 6.61 Å². The van der Waals surface area contributed by atoms with Crippen LogP contribution in [0.5, 0.6) is 0 Å². The summed E-state index contributed by atoms with van der Waals surface area (Å²) in [7, 11) is 0. The molecule has 0 amide bonds.